The molecule has 0 aliphatic rings. The molecule has 1 heterocycles. The van der Waals surface area contributed by atoms with Gasteiger partial charge in [-0.05, 0) is 42.8 Å². The fourth-order valence-corrected chi connectivity index (χ4v) is 4.60. The van der Waals surface area contributed by atoms with Gasteiger partial charge in [0.1, 0.15) is 4.90 Å². The molecule has 0 aliphatic heterocycles. The van der Waals surface area contributed by atoms with E-state index in [1.807, 2.05) is 0 Å². The number of hydrogen-bond donors (Lipinski definition) is 1. The van der Waals surface area contributed by atoms with Crippen molar-refractivity contribution in [2.45, 2.75) is 18.0 Å². The number of amides is 1. The summed E-state index contributed by atoms with van der Waals surface area (Å²) in [4.78, 5) is 11.9. The van der Waals surface area contributed by atoms with Gasteiger partial charge in [0.05, 0.1) is 15.7 Å². The summed E-state index contributed by atoms with van der Waals surface area (Å²) in [5.74, 6) is -1.66. The molecule has 1 aromatic heterocycles. The van der Waals surface area contributed by atoms with E-state index < -0.39 is 38.4 Å². The molecule has 0 spiro atoms. The minimum atomic E-state index is -5.12. The summed E-state index contributed by atoms with van der Waals surface area (Å²) in [6.07, 6.45) is -5.12. The van der Waals surface area contributed by atoms with Crippen LogP contribution in [0.25, 0.3) is 5.69 Å². The maximum Gasteiger partial charge on any atom is 0.435 e. The number of aromatic nitrogens is 3. The lowest BCUT2D eigenvalue weighted by Gasteiger charge is -2.13. The zero-order valence-electron chi connectivity index (χ0n) is 15.2. The smallest absolute Gasteiger partial charge is 0.266 e. The van der Waals surface area contributed by atoms with E-state index in [0.29, 0.717) is 10.2 Å². The van der Waals surface area contributed by atoms with Crippen LogP contribution in [0.4, 0.5) is 13.2 Å². The van der Waals surface area contributed by atoms with Gasteiger partial charge in [-0.3, -0.25) is 4.79 Å². The maximum absolute atomic E-state index is 13.8. The Morgan fingerprint density at radius 2 is 1.74 bits per heavy atom. The van der Waals surface area contributed by atoms with E-state index in [1.165, 1.54) is 29.0 Å². The Bertz CT molecular complexity index is 1290. The Morgan fingerprint density at radius 3 is 2.32 bits per heavy atom. The van der Waals surface area contributed by atoms with Crippen LogP contribution in [0.15, 0.2) is 41.3 Å². The summed E-state index contributed by atoms with van der Waals surface area (Å²) >= 11 is 17.5. The standard InChI is InChI=1S/C17H10Cl3F3N4O3S/c1-8-2-4-12(10(19)6-8)27-15(17(21,22)23)14(24-26-27)16(28)25-31(29,30)13-5-3-9(18)7-11(13)20/h2-7H,1H3,(H,25,28). The lowest BCUT2D eigenvalue weighted by molar-refractivity contribution is -0.143. The lowest BCUT2D eigenvalue weighted by atomic mass is 10.2. The Balaban J connectivity index is 2.07. The molecule has 7 nitrogen and oxygen atoms in total. The van der Waals surface area contributed by atoms with Crippen LogP contribution in [0.3, 0.4) is 0 Å². The number of carbonyl (C=O) groups is 1. The molecule has 0 saturated heterocycles. The van der Waals surface area contributed by atoms with Crippen molar-refractivity contribution in [3.8, 4) is 5.69 Å². The predicted molar refractivity (Wildman–Crippen MR) is 107 cm³/mol. The summed E-state index contributed by atoms with van der Waals surface area (Å²) in [7, 11) is -4.65. The van der Waals surface area contributed by atoms with E-state index in [0.717, 1.165) is 12.1 Å². The second kappa shape index (κ2) is 8.30. The molecule has 1 N–H and O–H groups in total. The first-order chi connectivity index (χ1) is 14.3. The average molecular weight is 514 g/mol. The highest BCUT2D eigenvalue weighted by Crippen LogP contribution is 2.34. The molecule has 3 aromatic rings. The number of sulfonamides is 1. The second-order valence-electron chi connectivity index (χ2n) is 6.16. The van der Waals surface area contributed by atoms with E-state index in [4.69, 9.17) is 34.8 Å². The monoisotopic (exact) mass is 512 g/mol. The van der Waals surface area contributed by atoms with Crippen LogP contribution in [0.2, 0.25) is 15.1 Å². The Kier molecular flexibility index (Phi) is 6.25. The van der Waals surface area contributed by atoms with Gasteiger partial charge in [0.2, 0.25) is 0 Å². The van der Waals surface area contributed by atoms with Crippen molar-refractivity contribution >= 4 is 50.7 Å². The zero-order chi connectivity index (χ0) is 23.1. The molecule has 0 aliphatic carbocycles. The molecule has 0 saturated carbocycles. The first-order valence-electron chi connectivity index (χ1n) is 8.13. The number of nitrogens with one attached hydrogen (secondary N) is 1. The van der Waals surface area contributed by atoms with Crippen LogP contribution >= 0.6 is 34.8 Å². The molecule has 14 heteroatoms. The van der Waals surface area contributed by atoms with E-state index >= 15 is 0 Å². The second-order valence-corrected chi connectivity index (χ2v) is 9.06. The van der Waals surface area contributed by atoms with E-state index in [1.54, 1.807) is 6.92 Å². The summed E-state index contributed by atoms with van der Waals surface area (Å²) < 4.78 is 68.0. The molecule has 0 atom stereocenters. The predicted octanol–water partition coefficient (Wildman–Crippen LogP) is 4.67. The molecule has 1 amide bonds. The third-order valence-electron chi connectivity index (χ3n) is 3.90. The van der Waals surface area contributed by atoms with Crippen molar-refractivity contribution in [2.24, 2.45) is 0 Å². The highest BCUT2D eigenvalue weighted by atomic mass is 35.5. The molecular formula is C17H10Cl3F3N4O3S. The normalized spacial score (nSPS) is 12.1. The molecule has 2 aromatic carbocycles. The molecular weight excluding hydrogens is 504 g/mol. The SMILES string of the molecule is Cc1ccc(-n2nnc(C(=O)NS(=O)(=O)c3ccc(Cl)cc3Cl)c2C(F)(F)F)c(Cl)c1. The summed E-state index contributed by atoms with van der Waals surface area (Å²) in [5, 5.41) is 6.30. The molecule has 0 radical (unpaired) electrons. The third kappa shape index (κ3) is 4.79. The summed E-state index contributed by atoms with van der Waals surface area (Å²) in [6.45, 7) is 1.67. The Morgan fingerprint density at radius 1 is 1.06 bits per heavy atom. The molecule has 0 bridgehead atoms. The molecule has 3 rings (SSSR count). The van der Waals surface area contributed by atoms with Crippen LogP contribution in [0.5, 0.6) is 0 Å². The molecule has 0 fully saturated rings. The van der Waals surface area contributed by atoms with Gasteiger partial charge in [-0.15, -0.1) is 5.10 Å². The van der Waals surface area contributed by atoms with Gasteiger partial charge in [0, 0.05) is 5.02 Å². The number of alkyl halides is 3. The van der Waals surface area contributed by atoms with Crippen molar-refractivity contribution in [1.29, 1.82) is 0 Å². The first kappa shape index (κ1) is 23.3. The van der Waals surface area contributed by atoms with Crippen molar-refractivity contribution in [2.75, 3.05) is 0 Å². The summed E-state index contributed by atoms with van der Waals surface area (Å²) in [6, 6.07) is 7.41. The van der Waals surface area contributed by atoms with Gasteiger partial charge >= 0.3 is 6.18 Å². The third-order valence-corrected chi connectivity index (χ3v) is 6.25. The van der Waals surface area contributed by atoms with Gasteiger partial charge in [-0.25, -0.2) is 17.8 Å². The molecule has 0 unspecified atom stereocenters. The van der Waals surface area contributed by atoms with E-state index in [2.05, 4.69) is 10.3 Å². The fraction of sp³-hybridized carbons (Fsp3) is 0.118. The number of rotatable bonds is 4. The number of aryl methyl sites for hydroxylation is 1. The highest BCUT2D eigenvalue weighted by Gasteiger charge is 2.43. The highest BCUT2D eigenvalue weighted by molar-refractivity contribution is 7.90. The van der Waals surface area contributed by atoms with Crippen molar-refractivity contribution < 1.29 is 26.4 Å². The van der Waals surface area contributed by atoms with E-state index in [9.17, 15) is 26.4 Å². The lowest BCUT2D eigenvalue weighted by Crippen LogP contribution is -2.33. The van der Waals surface area contributed by atoms with Crippen molar-refractivity contribution in [3.63, 3.8) is 0 Å². The van der Waals surface area contributed by atoms with Crippen LogP contribution in [0, 0.1) is 6.92 Å². The zero-order valence-corrected chi connectivity index (χ0v) is 18.3. The van der Waals surface area contributed by atoms with Gasteiger partial charge in [0.15, 0.2) is 11.4 Å². The number of benzene rings is 2. The van der Waals surface area contributed by atoms with Crippen LogP contribution < -0.4 is 4.72 Å². The van der Waals surface area contributed by atoms with Crippen molar-refractivity contribution in [3.05, 3.63) is 68.4 Å². The van der Waals surface area contributed by atoms with Crippen molar-refractivity contribution in [1.82, 2.24) is 19.7 Å². The van der Waals surface area contributed by atoms with Gasteiger partial charge < -0.3 is 0 Å². The average Bonchev–Trinajstić information content (AvgIpc) is 3.06. The fourth-order valence-electron chi connectivity index (χ4n) is 2.56. The first-order valence-corrected chi connectivity index (χ1v) is 10.7. The van der Waals surface area contributed by atoms with E-state index in [-0.39, 0.29) is 20.8 Å². The minimum Gasteiger partial charge on any atom is -0.266 e. The van der Waals surface area contributed by atoms with Gasteiger partial charge in [-0.1, -0.05) is 46.1 Å². The molecule has 31 heavy (non-hydrogen) atoms. The van der Waals surface area contributed by atoms with Crippen LogP contribution in [0.1, 0.15) is 21.7 Å². The Labute approximate surface area is 188 Å². The van der Waals surface area contributed by atoms with Gasteiger partial charge in [0.25, 0.3) is 15.9 Å². The van der Waals surface area contributed by atoms with Crippen LogP contribution in [-0.2, 0) is 16.2 Å². The number of carbonyl (C=O) groups excluding carboxylic acids is 1. The number of nitrogens with zero attached hydrogens (tertiary/aromatic N) is 3. The number of hydrogen-bond acceptors (Lipinski definition) is 5. The minimum absolute atomic E-state index is 0.0806. The quantitative estimate of drug-likeness (QED) is 0.547. The maximum atomic E-state index is 13.8. The van der Waals surface area contributed by atoms with Gasteiger partial charge in [-0.2, -0.15) is 13.2 Å². The Hall–Kier alpha value is -2.34. The topological polar surface area (TPSA) is 93.9 Å². The largest absolute Gasteiger partial charge is 0.435 e. The number of halogens is 6. The molecule has 164 valence electrons. The van der Waals surface area contributed by atoms with Crippen LogP contribution in [-0.4, -0.2) is 29.3 Å². The summed E-state index contributed by atoms with van der Waals surface area (Å²) in [5.41, 5.74) is -2.40.